The van der Waals surface area contributed by atoms with Crippen molar-refractivity contribution in [2.45, 2.75) is 38.1 Å². The van der Waals surface area contributed by atoms with Crippen LogP contribution in [0.25, 0.3) is 0 Å². The molecule has 0 saturated carbocycles. The Morgan fingerprint density at radius 2 is 2.10 bits per heavy atom. The van der Waals surface area contributed by atoms with Gasteiger partial charge in [-0.05, 0) is 19.8 Å². The van der Waals surface area contributed by atoms with E-state index in [0.717, 1.165) is 6.42 Å². The van der Waals surface area contributed by atoms with Crippen molar-refractivity contribution in [3.05, 3.63) is 0 Å². The Hall–Kier alpha value is -0.120. The molecule has 0 radical (unpaired) electrons. The largest absolute Gasteiger partial charge is 0.390 e. The van der Waals surface area contributed by atoms with Crippen LogP contribution in [0.4, 0.5) is 0 Å². The van der Waals surface area contributed by atoms with Gasteiger partial charge in [-0.15, -0.1) is 0 Å². The van der Waals surface area contributed by atoms with E-state index in [2.05, 4.69) is 0 Å². The molecule has 1 fully saturated rings. The van der Waals surface area contributed by atoms with Gasteiger partial charge < -0.3 is 14.9 Å². The molecule has 0 aromatic carbocycles. The van der Waals surface area contributed by atoms with Crippen LogP contribution >= 0.6 is 0 Å². The second-order valence-electron chi connectivity index (χ2n) is 2.78. The summed E-state index contributed by atoms with van der Waals surface area (Å²) in [5, 5.41) is 18.4. The number of hydrogen-bond donors (Lipinski definition) is 2. The number of aliphatic hydroxyl groups excluding tert-OH is 2. The molecule has 60 valence electrons. The van der Waals surface area contributed by atoms with Crippen LogP contribution in [0.3, 0.4) is 0 Å². The average molecular weight is 146 g/mol. The Labute approximate surface area is 60.6 Å². The van der Waals surface area contributed by atoms with E-state index in [4.69, 9.17) is 4.74 Å². The zero-order chi connectivity index (χ0) is 7.56. The smallest absolute Gasteiger partial charge is 0.106 e. The Balaban J connectivity index is 2.46. The minimum Gasteiger partial charge on any atom is -0.390 e. The van der Waals surface area contributed by atoms with Gasteiger partial charge in [0.15, 0.2) is 0 Å². The maximum atomic E-state index is 9.25. The fourth-order valence-corrected chi connectivity index (χ4v) is 1.14. The lowest BCUT2D eigenvalue weighted by Gasteiger charge is -2.19. The Morgan fingerprint density at radius 3 is 2.80 bits per heavy atom. The number of ether oxygens (including phenoxy) is 1. The van der Waals surface area contributed by atoms with Crippen LogP contribution in [-0.4, -0.2) is 35.1 Å². The van der Waals surface area contributed by atoms with Crippen LogP contribution in [0.5, 0.6) is 0 Å². The van der Waals surface area contributed by atoms with E-state index in [1.54, 1.807) is 6.92 Å². The molecule has 10 heavy (non-hydrogen) atoms. The van der Waals surface area contributed by atoms with Gasteiger partial charge >= 0.3 is 0 Å². The first-order valence-corrected chi connectivity index (χ1v) is 3.69. The highest BCUT2D eigenvalue weighted by molar-refractivity contribution is 4.75. The van der Waals surface area contributed by atoms with Crippen LogP contribution in [0, 0.1) is 0 Å². The minimum absolute atomic E-state index is 0.225. The van der Waals surface area contributed by atoms with E-state index in [1.807, 2.05) is 0 Å². The quantitative estimate of drug-likeness (QED) is 0.502. The van der Waals surface area contributed by atoms with E-state index >= 15 is 0 Å². The van der Waals surface area contributed by atoms with E-state index in [0.29, 0.717) is 13.0 Å². The monoisotopic (exact) mass is 146 g/mol. The predicted octanol–water partition coefficient (Wildman–Crippen LogP) is -0.0929. The van der Waals surface area contributed by atoms with Crippen molar-refractivity contribution in [3.63, 3.8) is 0 Å². The van der Waals surface area contributed by atoms with E-state index < -0.39 is 12.2 Å². The molecular formula is C7H14O3. The van der Waals surface area contributed by atoms with Crippen LogP contribution in [0.2, 0.25) is 0 Å². The molecule has 3 heteroatoms. The summed E-state index contributed by atoms with van der Waals surface area (Å²) in [6.45, 7) is 2.43. The molecule has 0 aliphatic carbocycles. The number of hydrogen-bond acceptors (Lipinski definition) is 3. The van der Waals surface area contributed by atoms with E-state index in [1.165, 1.54) is 0 Å². The maximum absolute atomic E-state index is 9.25. The first-order chi connectivity index (χ1) is 4.72. The Morgan fingerprint density at radius 1 is 1.40 bits per heavy atom. The van der Waals surface area contributed by atoms with Gasteiger partial charge in [-0.3, -0.25) is 0 Å². The maximum Gasteiger partial charge on any atom is 0.106 e. The van der Waals surface area contributed by atoms with Crippen LogP contribution < -0.4 is 0 Å². The summed E-state index contributed by atoms with van der Waals surface area (Å²) >= 11 is 0. The van der Waals surface area contributed by atoms with Gasteiger partial charge in [0.05, 0.1) is 12.2 Å². The number of aliphatic hydroxyl groups is 2. The molecule has 1 aliphatic heterocycles. The molecule has 1 saturated heterocycles. The highest BCUT2D eigenvalue weighted by Crippen LogP contribution is 2.13. The molecule has 1 rings (SSSR count). The molecule has 0 amide bonds. The molecule has 3 nitrogen and oxygen atoms in total. The molecular weight excluding hydrogens is 132 g/mol. The van der Waals surface area contributed by atoms with Crippen molar-refractivity contribution >= 4 is 0 Å². The van der Waals surface area contributed by atoms with Crippen molar-refractivity contribution in [3.8, 4) is 0 Å². The third-order valence-electron chi connectivity index (χ3n) is 1.90. The molecule has 0 unspecified atom stereocenters. The van der Waals surface area contributed by atoms with Crippen molar-refractivity contribution < 1.29 is 14.9 Å². The van der Waals surface area contributed by atoms with Gasteiger partial charge in [-0.2, -0.15) is 0 Å². The summed E-state index contributed by atoms with van der Waals surface area (Å²) in [5.41, 5.74) is 0. The zero-order valence-corrected chi connectivity index (χ0v) is 6.16. The average Bonchev–Trinajstić information content (AvgIpc) is 2.04. The normalized spacial score (nSPS) is 42.9. The molecule has 2 N–H and O–H groups in total. The first-order valence-electron chi connectivity index (χ1n) is 3.69. The second kappa shape index (κ2) is 3.32. The first kappa shape index (κ1) is 7.98. The second-order valence-corrected chi connectivity index (χ2v) is 2.78. The molecule has 1 heterocycles. The van der Waals surface area contributed by atoms with Gasteiger partial charge in [-0.1, -0.05) is 0 Å². The molecule has 0 spiro atoms. The summed E-state index contributed by atoms with van der Waals surface area (Å²) in [7, 11) is 0. The molecule has 0 aromatic rings. The summed E-state index contributed by atoms with van der Waals surface area (Å²) in [6, 6.07) is 0. The van der Waals surface area contributed by atoms with Crippen molar-refractivity contribution in [2.24, 2.45) is 0 Å². The molecule has 0 bridgehead atoms. The van der Waals surface area contributed by atoms with Gasteiger partial charge in [0, 0.05) is 6.61 Å². The lowest BCUT2D eigenvalue weighted by atomic mass is 10.1. The summed E-state index contributed by atoms with van der Waals surface area (Å²) in [5.74, 6) is 0. The lowest BCUT2D eigenvalue weighted by molar-refractivity contribution is -0.0617. The van der Waals surface area contributed by atoms with Gasteiger partial charge in [-0.25, -0.2) is 0 Å². The van der Waals surface area contributed by atoms with E-state index in [9.17, 15) is 10.2 Å². The minimum atomic E-state index is -0.706. The third kappa shape index (κ3) is 1.68. The topological polar surface area (TPSA) is 49.7 Å². The third-order valence-corrected chi connectivity index (χ3v) is 1.90. The van der Waals surface area contributed by atoms with Crippen LogP contribution in [-0.2, 0) is 4.74 Å². The fourth-order valence-electron chi connectivity index (χ4n) is 1.14. The summed E-state index contributed by atoms with van der Waals surface area (Å²) < 4.78 is 5.18. The van der Waals surface area contributed by atoms with Crippen LogP contribution in [0.15, 0.2) is 0 Å². The fraction of sp³-hybridized carbons (Fsp3) is 1.00. The lowest BCUT2D eigenvalue weighted by Crippen LogP contribution is -2.34. The highest BCUT2D eigenvalue weighted by Gasteiger charge is 2.25. The van der Waals surface area contributed by atoms with Crippen LogP contribution in [0.1, 0.15) is 19.8 Å². The molecule has 3 atom stereocenters. The standard InChI is InChI=1S/C7H14O3/c1-5-7(9)6(8)3-2-4-10-5/h5-9H,2-4H2,1H3/t5-,6-,7+/m0/s1. The molecule has 1 aliphatic rings. The zero-order valence-electron chi connectivity index (χ0n) is 6.16. The van der Waals surface area contributed by atoms with Gasteiger partial charge in [0.2, 0.25) is 0 Å². The Kier molecular flexibility index (Phi) is 2.65. The Bertz CT molecular complexity index is 93.0. The van der Waals surface area contributed by atoms with Gasteiger partial charge in [0.1, 0.15) is 6.10 Å². The van der Waals surface area contributed by atoms with Crippen molar-refractivity contribution in [1.29, 1.82) is 0 Å². The van der Waals surface area contributed by atoms with Crippen molar-refractivity contribution in [1.82, 2.24) is 0 Å². The van der Waals surface area contributed by atoms with Crippen molar-refractivity contribution in [2.75, 3.05) is 6.61 Å². The summed E-state index contributed by atoms with van der Waals surface area (Å²) in [4.78, 5) is 0. The number of rotatable bonds is 0. The van der Waals surface area contributed by atoms with Gasteiger partial charge in [0.25, 0.3) is 0 Å². The molecule has 0 aromatic heterocycles. The predicted molar refractivity (Wildman–Crippen MR) is 36.7 cm³/mol. The van der Waals surface area contributed by atoms with E-state index in [-0.39, 0.29) is 6.10 Å². The SMILES string of the molecule is C[C@@H]1OCCC[C@H](O)[C@@H]1O. The summed E-state index contributed by atoms with van der Waals surface area (Å²) in [6.07, 6.45) is -0.0499. The highest BCUT2D eigenvalue weighted by atomic mass is 16.5.